The fourth-order valence-corrected chi connectivity index (χ4v) is 8.67. The number of amides is 2. The minimum absolute atomic E-state index is 0.00979. The molecule has 5 heterocycles. The van der Waals surface area contributed by atoms with Gasteiger partial charge in [-0.15, -0.1) is 0 Å². The van der Waals surface area contributed by atoms with Crippen molar-refractivity contribution in [3.8, 4) is 11.3 Å². The van der Waals surface area contributed by atoms with Gasteiger partial charge in [0.15, 0.2) is 17.5 Å². The first kappa shape index (κ1) is 36.7. The van der Waals surface area contributed by atoms with E-state index in [0.29, 0.717) is 39.7 Å². The second kappa shape index (κ2) is 12.9. The highest BCUT2D eigenvalue weighted by molar-refractivity contribution is 6.34. The highest BCUT2D eigenvalue weighted by Gasteiger charge is 2.57. The molecule has 54 heavy (non-hydrogen) atoms. The number of hydrogen-bond acceptors (Lipinski definition) is 7. The first-order valence-corrected chi connectivity index (χ1v) is 18.9. The van der Waals surface area contributed by atoms with Crippen LogP contribution in [0.1, 0.15) is 102 Å². The van der Waals surface area contributed by atoms with Crippen LogP contribution in [0.25, 0.3) is 22.3 Å². The summed E-state index contributed by atoms with van der Waals surface area (Å²) < 4.78 is 60.0. The summed E-state index contributed by atoms with van der Waals surface area (Å²) in [7, 11) is 0. The van der Waals surface area contributed by atoms with Crippen LogP contribution in [0.2, 0.25) is 5.02 Å². The number of anilines is 3. The Kier molecular flexibility index (Phi) is 8.76. The Labute approximate surface area is 315 Å². The zero-order valence-electron chi connectivity index (χ0n) is 30.9. The van der Waals surface area contributed by atoms with E-state index in [2.05, 4.69) is 27.4 Å². The fraction of sp³-hybridized carbons (Fsp3) is 0.513. The van der Waals surface area contributed by atoms with Crippen molar-refractivity contribution in [1.82, 2.24) is 29.7 Å². The number of likely N-dealkylation sites (tertiary alicyclic amines) is 1. The number of alkyl halides is 2. The van der Waals surface area contributed by atoms with E-state index < -0.39 is 56.7 Å². The summed E-state index contributed by atoms with van der Waals surface area (Å²) in [6.45, 7) is 11.9. The zero-order valence-corrected chi connectivity index (χ0v) is 31.6. The lowest BCUT2D eigenvalue weighted by Crippen LogP contribution is -2.64. The highest BCUT2D eigenvalue weighted by atomic mass is 35.5. The summed E-state index contributed by atoms with van der Waals surface area (Å²) in [6.07, 6.45) is 5.89. The third kappa shape index (κ3) is 5.82. The molecular weight excluding hydrogens is 724 g/mol. The second-order valence-electron chi connectivity index (χ2n) is 16.4. The molecule has 2 aliphatic carbocycles. The number of piperidine rings is 1. The van der Waals surface area contributed by atoms with Gasteiger partial charge < -0.3 is 25.0 Å². The molecule has 0 radical (unpaired) electrons. The number of fused-ring (bicyclic) bond motifs is 2. The quantitative estimate of drug-likeness (QED) is 0.130. The van der Waals surface area contributed by atoms with Crippen molar-refractivity contribution in [3.05, 3.63) is 58.6 Å². The predicted molar refractivity (Wildman–Crippen MR) is 199 cm³/mol. The van der Waals surface area contributed by atoms with Crippen LogP contribution in [-0.4, -0.2) is 72.9 Å². The largest absolute Gasteiger partial charge is 0.341 e. The molecule has 2 amide bonds. The Bertz CT molecular complexity index is 2190. The van der Waals surface area contributed by atoms with Gasteiger partial charge in [-0.25, -0.2) is 27.5 Å². The van der Waals surface area contributed by atoms with E-state index in [-0.39, 0.29) is 30.6 Å². The summed E-state index contributed by atoms with van der Waals surface area (Å²) in [4.78, 5) is 46.0. The van der Waals surface area contributed by atoms with Crippen molar-refractivity contribution in [2.75, 3.05) is 23.3 Å². The van der Waals surface area contributed by atoms with Crippen molar-refractivity contribution in [3.63, 3.8) is 0 Å². The van der Waals surface area contributed by atoms with E-state index in [1.54, 1.807) is 18.6 Å². The summed E-state index contributed by atoms with van der Waals surface area (Å²) >= 11 is 6.07. The van der Waals surface area contributed by atoms with Gasteiger partial charge in [-0.3, -0.25) is 14.6 Å². The molecule has 4 aromatic rings. The molecule has 2 saturated carbocycles. The van der Waals surface area contributed by atoms with E-state index in [9.17, 15) is 18.4 Å². The molecule has 2 aliphatic heterocycles. The van der Waals surface area contributed by atoms with Crippen LogP contribution < -0.4 is 15.5 Å². The van der Waals surface area contributed by atoms with E-state index in [1.165, 1.54) is 19.3 Å². The van der Waals surface area contributed by atoms with Gasteiger partial charge in [-0.2, -0.15) is 0 Å². The number of halogens is 5. The molecule has 8 rings (SSSR count). The highest BCUT2D eigenvalue weighted by Crippen LogP contribution is 2.51. The van der Waals surface area contributed by atoms with E-state index in [1.807, 2.05) is 43.2 Å². The zero-order chi connectivity index (χ0) is 38.5. The van der Waals surface area contributed by atoms with Gasteiger partial charge in [0.25, 0.3) is 12.3 Å². The standard InChI is InChI=1S/C39H43ClF4N8O2/c1-20(2)51-19-46-26-15-24(47-33(31(26)51)48-25-14-23(28(40)30(42)29(25)41)34(53)49-39(9-10-39)35(43)44)21-13-27-32(45-18-21)37(3,4)36(54)52(27)38(5)16-22(17-38)50-11-7-6-8-12-50/h13-15,18-20,22,35H,6-12,16-17H2,1-5H3,(H,47,48)(H,49,53). The molecule has 1 aromatic carbocycles. The molecular formula is C39H43ClF4N8O2. The summed E-state index contributed by atoms with van der Waals surface area (Å²) in [5.41, 5.74) is -0.618. The Morgan fingerprint density at radius 3 is 2.35 bits per heavy atom. The summed E-state index contributed by atoms with van der Waals surface area (Å²) in [5.74, 6) is -3.86. The third-order valence-corrected chi connectivity index (χ3v) is 12.2. The Balaban J connectivity index is 1.18. The molecule has 1 saturated heterocycles. The number of carbonyl (C=O) groups is 2. The number of nitrogens with zero attached hydrogens (tertiary/aromatic N) is 6. The van der Waals surface area contributed by atoms with E-state index in [0.717, 1.165) is 32.0 Å². The number of pyridine rings is 2. The third-order valence-electron chi connectivity index (χ3n) is 11.9. The van der Waals surface area contributed by atoms with E-state index in [4.69, 9.17) is 21.6 Å². The molecule has 0 atom stereocenters. The number of nitrogens with one attached hydrogen (secondary N) is 2. The van der Waals surface area contributed by atoms with E-state index >= 15 is 8.78 Å². The molecule has 4 aliphatic rings. The SMILES string of the molecule is CC(C)n1cnc2cc(-c3cnc4c(c3)N(C3(C)CC(N5CCCCC5)C3)C(=O)C4(C)C)nc(Nc3cc(C(=O)NC4(C(F)F)CC4)c(Cl)c(F)c3F)c21. The predicted octanol–water partition coefficient (Wildman–Crippen LogP) is 8.31. The Morgan fingerprint density at radius 2 is 1.70 bits per heavy atom. The smallest absolute Gasteiger partial charge is 0.261 e. The fourth-order valence-electron chi connectivity index (χ4n) is 8.45. The molecule has 0 spiro atoms. The van der Waals surface area contributed by atoms with Gasteiger partial charge >= 0.3 is 0 Å². The number of benzene rings is 1. The number of imidazole rings is 1. The van der Waals surface area contributed by atoms with Crippen molar-refractivity contribution in [2.24, 2.45) is 0 Å². The number of rotatable bonds is 9. The molecule has 0 bridgehead atoms. The van der Waals surface area contributed by atoms with Gasteiger partial charge in [0.2, 0.25) is 5.91 Å². The molecule has 286 valence electrons. The lowest BCUT2D eigenvalue weighted by molar-refractivity contribution is -0.124. The van der Waals surface area contributed by atoms with Crippen molar-refractivity contribution >= 4 is 51.6 Å². The number of aromatic nitrogens is 4. The molecule has 10 nitrogen and oxygen atoms in total. The normalized spacial score (nSPS) is 23.2. The second-order valence-corrected chi connectivity index (χ2v) is 16.8. The maximum Gasteiger partial charge on any atom is 0.261 e. The van der Waals surface area contributed by atoms with Crippen LogP contribution in [-0.2, 0) is 10.2 Å². The molecule has 2 N–H and O–H groups in total. The maximum atomic E-state index is 15.6. The van der Waals surface area contributed by atoms with Gasteiger partial charge in [-0.05, 0) is 104 Å². The van der Waals surface area contributed by atoms with Crippen LogP contribution in [0.3, 0.4) is 0 Å². The summed E-state index contributed by atoms with van der Waals surface area (Å²) in [5, 5.41) is 4.30. The molecule has 3 aromatic heterocycles. The van der Waals surface area contributed by atoms with Crippen molar-refractivity contribution < 1.29 is 27.2 Å². The average molecular weight is 767 g/mol. The number of carbonyl (C=O) groups excluding carboxylic acids is 2. The number of hydrogen-bond donors (Lipinski definition) is 2. The van der Waals surface area contributed by atoms with Crippen LogP contribution >= 0.6 is 11.6 Å². The molecule has 15 heteroatoms. The minimum atomic E-state index is -2.84. The minimum Gasteiger partial charge on any atom is -0.341 e. The Morgan fingerprint density at radius 1 is 1.00 bits per heavy atom. The van der Waals surface area contributed by atoms with Gasteiger partial charge in [0.05, 0.1) is 50.6 Å². The van der Waals surface area contributed by atoms with Crippen molar-refractivity contribution in [2.45, 2.75) is 115 Å². The first-order chi connectivity index (χ1) is 25.5. The Hall–Kier alpha value is -4.30. The van der Waals surface area contributed by atoms with Crippen molar-refractivity contribution in [1.29, 1.82) is 0 Å². The first-order valence-electron chi connectivity index (χ1n) is 18.6. The molecule has 3 fully saturated rings. The van der Waals surface area contributed by atoms with Crippen LogP contribution in [0.5, 0.6) is 0 Å². The lowest BCUT2D eigenvalue weighted by Gasteiger charge is -2.55. The van der Waals surface area contributed by atoms with Crippen LogP contribution in [0, 0.1) is 11.6 Å². The average Bonchev–Trinajstić information content (AvgIpc) is 3.73. The summed E-state index contributed by atoms with van der Waals surface area (Å²) in [6, 6.07) is 4.98. The van der Waals surface area contributed by atoms with Gasteiger partial charge in [0, 0.05) is 29.4 Å². The topological polar surface area (TPSA) is 108 Å². The van der Waals surface area contributed by atoms with Crippen LogP contribution in [0.15, 0.2) is 30.7 Å². The van der Waals surface area contributed by atoms with Crippen LogP contribution in [0.4, 0.5) is 34.8 Å². The monoisotopic (exact) mass is 766 g/mol. The van der Waals surface area contributed by atoms with Gasteiger partial charge in [-0.1, -0.05) is 18.0 Å². The lowest BCUT2D eigenvalue weighted by atomic mass is 9.71. The maximum absolute atomic E-state index is 15.6. The van der Waals surface area contributed by atoms with Gasteiger partial charge in [0.1, 0.15) is 11.1 Å². The molecule has 0 unspecified atom stereocenters.